The summed E-state index contributed by atoms with van der Waals surface area (Å²) in [6.07, 6.45) is -0.0429. The third kappa shape index (κ3) is 10.1. The average Bonchev–Trinajstić information content (AvgIpc) is 2.89. The lowest BCUT2D eigenvalue weighted by atomic mass is 10.1. The lowest BCUT2D eigenvalue weighted by Gasteiger charge is -2.19. The first-order valence-electron chi connectivity index (χ1n) is 8.73. The molecule has 1 N–H and O–H groups in total. The number of carbonyl (C=O) groups excluding carboxylic acids is 2. The van der Waals surface area contributed by atoms with Crippen molar-refractivity contribution in [3.8, 4) is 0 Å². The topological polar surface area (TPSA) is 126 Å². The van der Waals surface area contributed by atoms with E-state index in [1.165, 1.54) is 0 Å². The van der Waals surface area contributed by atoms with Crippen LogP contribution in [0.25, 0.3) is 10.4 Å². The number of ether oxygens (including phenoxy) is 3. The highest BCUT2D eigenvalue weighted by molar-refractivity contribution is 5.78. The molecule has 2 amide bonds. The minimum absolute atomic E-state index is 0.0659. The van der Waals surface area contributed by atoms with Crippen LogP contribution < -0.4 is 5.32 Å². The van der Waals surface area contributed by atoms with Gasteiger partial charge in [-0.05, 0) is 32.2 Å². The summed E-state index contributed by atoms with van der Waals surface area (Å²) in [5.74, 6) is 0.162. The van der Waals surface area contributed by atoms with E-state index < -0.39 is 11.7 Å². The molecule has 0 radical (unpaired) electrons. The summed E-state index contributed by atoms with van der Waals surface area (Å²) in [5.41, 5.74) is 7.79. The molecule has 1 aliphatic rings. The maximum Gasteiger partial charge on any atom is 0.407 e. The highest BCUT2D eigenvalue weighted by atomic mass is 16.6. The second kappa shape index (κ2) is 11.6. The summed E-state index contributed by atoms with van der Waals surface area (Å²) in [6.45, 7) is 8.87. The molecule has 10 heteroatoms. The van der Waals surface area contributed by atoms with Crippen LogP contribution in [-0.4, -0.2) is 75.1 Å². The summed E-state index contributed by atoms with van der Waals surface area (Å²) in [6, 6.07) is 0. The lowest BCUT2D eigenvalue weighted by molar-refractivity contribution is -0.128. The first-order valence-corrected chi connectivity index (χ1v) is 8.73. The van der Waals surface area contributed by atoms with Crippen LogP contribution in [0.1, 0.15) is 27.2 Å². The predicted octanol–water partition coefficient (Wildman–Crippen LogP) is 1.70. The van der Waals surface area contributed by atoms with Gasteiger partial charge in [-0.3, -0.25) is 4.79 Å². The molecule has 1 rings (SSSR count). The number of rotatable bonds is 11. The minimum Gasteiger partial charge on any atom is -0.444 e. The Morgan fingerprint density at radius 3 is 2.65 bits per heavy atom. The van der Waals surface area contributed by atoms with Crippen molar-refractivity contribution in [2.45, 2.75) is 32.8 Å². The van der Waals surface area contributed by atoms with Gasteiger partial charge >= 0.3 is 6.09 Å². The van der Waals surface area contributed by atoms with E-state index in [0.29, 0.717) is 59.0 Å². The second-order valence-electron chi connectivity index (χ2n) is 6.98. The molecule has 1 unspecified atom stereocenters. The molecule has 0 bridgehead atoms. The van der Waals surface area contributed by atoms with Gasteiger partial charge in [-0.1, -0.05) is 5.11 Å². The van der Waals surface area contributed by atoms with Crippen molar-refractivity contribution in [1.82, 2.24) is 10.2 Å². The molecule has 1 saturated heterocycles. The maximum atomic E-state index is 11.8. The smallest absolute Gasteiger partial charge is 0.407 e. The Kier molecular flexibility index (Phi) is 9.79. The summed E-state index contributed by atoms with van der Waals surface area (Å²) in [5, 5.41) is 6.12. The van der Waals surface area contributed by atoms with E-state index in [1.54, 1.807) is 25.7 Å². The number of likely N-dealkylation sites (tertiary alicyclic amines) is 1. The number of nitrogens with zero attached hydrogens (tertiary/aromatic N) is 4. The summed E-state index contributed by atoms with van der Waals surface area (Å²) in [4.78, 5) is 27.6. The second-order valence-corrected chi connectivity index (χ2v) is 6.98. The van der Waals surface area contributed by atoms with Crippen LogP contribution in [0.4, 0.5) is 4.79 Å². The Morgan fingerprint density at radius 2 is 2.00 bits per heavy atom. The van der Waals surface area contributed by atoms with E-state index in [0.717, 1.165) is 0 Å². The van der Waals surface area contributed by atoms with E-state index in [-0.39, 0.29) is 11.8 Å². The Labute approximate surface area is 153 Å². The number of amides is 2. The van der Waals surface area contributed by atoms with Crippen LogP contribution >= 0.6 is 0 Å². The Morgan fingerprint density at radius 1 is 1.31 bits per heavy atom. The molecule has 1 fully saturated rings. The maximum absolute atomic E-state index is 11.8. The number of carbonyl (C=O) groups is 2. The van der Waals surface area contributed by atoms with Crippen LogP contribution in [0.2, 0.25) is 0 Å². The largest absolute Gasteiger partial charge is 0.444 e. The van der Waals surface area contributed by atoms with Crippen molar-refractivity contribution in [3.63, 3.8) is 0 Å². The molecular formula is C16H29N5O5. The van der Waals surface area contributed by atoms with Gasteiger partial charge in [0.15, 0.2) is 0 Å². The molecule has 0 saturated carbocycles. The third-order valence-corrected chi connectivity index (χ3v) is 3.49. The Hall–Kier alpha value is -2.03. The van der Waals surface area contributed by atoms with Crippen LogP contribution in [0, 0.1) is 5.92 Å². The molecule has 1 heterocycles. The van der Waals surface area contributed by atoms with Gasteiger partial charge in [0.2, 0.25) is 5.91 Å². The fourth-order valence-corrected chi connectivity index (χ4v) is 2.38. The van der Waals surface area contributed by atoms with Gasteiger partial charge in [0.05, 0.1) is 26.4 Å². The van der Waals surface area contributed by atoms with Crippen LogP contribution in [-0.2, 0) is 19.0 Å². The average molecular weight is 371 g/mol. The molecule has 0 aliphatic carbocycles. The zero-order valence-corrected chi connectivity index (χ0v) is 15.8. The number of nitrogens with one attached hydrogen (secondary N) is 1. The van der Waals surface area contributed by atoms with Crippen molar-refractivity contribution >= 4 is 12.0 Å². The van der Waals surface area contributed by atoms with Crippen molar-refractivity contribution in [2.75, 3.05) is 52.6 Å². The molecule has 1 aliphatic heterocycles. The molecule has 148 valence electrons. The number of alkyl carbamates (subject to hydrolysis) is 1. The first-order chi connectivity index (χ1) is 12.3. The number of hydrogen-bond acceptors (Lipinski definition) is 6. The van der Waals surface area contributed by atoms with E-state index in [9.17, 15) is 9.59 Å². The normalized spacial score (nSPS) is 17.1. The minimum atomic E-state index is -0.515. The SMILES string of the molecule is CC(C)(C)OC(=O)NCCOCCOCCN1CC(CN=[N+]=[N-])CC1=O. The van der Waals surface area contributed by atoms with Gasteiger partial charge in [-0.25, -0.2) is 4.79 Å². The van der Waals surface area contributed by atoms with Gasteiger partial charge in [-0.15, -0.1) is 0 Å². The number of azide groups is 1. The Bertz CT molecular complexity index is 502. The summed E-state index contributed by atoms with van der Waals surface area (Å²) in [7, 11) is 0. The Balaban J connectivity index is 1.96. The van der Waals surface area contributed by atoms with E-state index in [2.05, 4.69) is 15.3 Å². The monoisotopic (exact) mass is 371 g/mol. The molecular weight excluding hydrogens is 342 g/mol. The highest BCUT2D eigenvalue weighted by Gasteiger charge is 2.28. The summed E-state index contributed by atoms with van der Waals surface area (Å²) >= 11 is 0. The van der Waals surface area contributed by atoms with Gasteiger partial charge in [0.1, 0.15) is 5.60 Å². The van der Waals surface area contributed by atoms with Gasteiger partial charge < -0.3 is 24.4 Å². The first kappa shape index (κ1) is 22.0. The molecule has 0 spiro atoms. The van der Waals surface area contributed by atoms with E-state index in [1.807, 2.05) is 0 Å². The van der Waals surface area contributed by atoms with Gasteiger partial charge in [-0.2, -0.15) is 0 Å². The molecule has 0 aromatic carbocycles. The highest BCUT2D eigenvalue weighted by Crippen LogP contribution is 2.17. The number of hydrogen-bond donors (Lipinski definition) is 1. The van der Waals surface area contributed by atoms with Crippen molar-refractivity contribution < 1.29 is 23.8 Å². The molecule has 0 aromatic heterocycles. The molecule has 0 aromatic rings. The molecule has 10 nitrogen and oxygen atoms in total. The third-order valence-electron chi connectivity index (χ3n) is 3.49. The van der Waals surface area contributed by atoms with E-state index >= 15 is 0 Å². The lowest BCUT2D eigenvalue weighted by Crippen LogP contribution is -2.34. The van der Waals surface area contributed by atoms with Crippen molar-refractivity contribution in [3.05, 3.63) is 10.4 Å². The molecule has 26 heavy (non-hydrogen) atoms. The standard InChI is InChI=1S/C16H29N5O5/c1-16(2,3)26-15(23)18-4-6-24-8-9-25-7-5-21-12-13(10-14(21)22)11-19-20-17/h13H,4-12H2,1-3H3,(H,18,23). The van der Waals surface area contributed by atoms with Gasteiger partial charge in [0, 0.05) is 37.5 Å². The van der Waals surface area contributed by atoms with Crippen LogP contribution in [0.15, 0.2) is 5.11 Å². The van der Waals surface area contributed by atoms with Crippen LogP contribution in [0.3, 0.4) is 0 Å². The summed E-state index contributed by atoms with van der Waals surface area (Å²) < 4.78 is 15.9. The van der Waals surface area contributed by atoms with Gasteiger partial charge in [0.25, 0.3) is 0 Å². The van der Waals surface area contributed by atoms with Crippen molar-refractivity contribution in [1.29, 1.82) is 0 Å². The predicted molar refractivity (Wildman–Crippen MR) is 94.6 cm³/mol. The fraction of sp³-hybridized carbons (Fsp3) is 0.875. The van der Waals surface area contributed by atoms with Crippen LogP contribution in [0.5, 0.6) is 0 Å². The quantitative estimate of drug-likeness (QED) is 0.256. The zero-order valence-electron chi connectivity index (χ0n) is 15.8. The zero-order chi connectivity index (χ0) is 19.4. The fourth-order valence-electron chi connectivity index (χ4n) is 2.38. The van der Waals surface area contributed by atoms with Crippen molar-refractivity contribution in [2.24, 2.45) is 11.0 Å². The molecule has 1 atom stereocenters. The van der Waals surface area contributed by atoms with E-state index in [4.69, 9.17) is 19.7 Å².